The summed E-state index contributed by atoms with van der Waals surface area (Å²) in [5.41, 5.74) is 2.25. The van der Waals surface area contributed by atoms with Gasteiger partial charge in [0.2, 0.25) is 0 Å². The molecule has 1 atom stereocenters. The van der Waals surface area contributed by atoms with Crippen molar-refractivity contribution < 1.29 is 19.0 Å². The van der Waals surface area contributed by atoms with Crippen LogP contribution < -0.4 is 0 Å². The number of rotatable bonds is 1. The van der Waals surface area contributed by atoms with Crippen LogP contribution >= 0.6 is 0 Å². The number of hydrogen-bond acceptors (Lipinski definition) is 4. The number of nitrogens with zero attached hydrogens (tertiary/aromatic N) is 3. The van der Waals surface area contributed by atoms with Gasteiger partial charge in [-0.3, -0.25) is 4.90 Å². The van der Waals surface area contributed by atoms with E-state index in [2.05, 4.69) is 4.90 Å². The van der Waals surface area contributed by atoms with Crippen LogP contribution in [0.25, 0.3) is 0 Å². The van der Waals surface area contributed by atoms with Crippen LogP contribution in [0.5, 0.6) is 0 Å². The number of morpholine rings is 1. The predicted octanol–water partition coefficient (Wildman–Crippen LogP) is 2.21. The van der Waals surface area contributed by atoms with Crippen LogP contribution in [0.15, 0.2) is 24.0 Å². The molecule has 0 radical (unpaired) electrons. The van der Waals surface area contributed by atoms with Crippen molar-refractivity contribution in [1.29, 1.82) is 5.26 Å². The molecule has 6 nitrogen and oxygen atoms in total. The van der Waals surface area contributed by atoms with Gasteiger partial charge in [-0.2, -0.15) is 5.26 Å². The van der Waals surface area contributed by atoms with Crippen LogP contribution in [0.1, 0.15) is 22.8 Å². The van der Waals surface area contributed by atoms with Crippen molar-refractivity contribution in [3.63, 3.8) is 0 Å². The van der Waals surface area contributed by atoms with Gasteiger partial charge in [-0.05, 0) is 24.1 Å². The topological polar surface area (TPSA) is 76.8 Å². The lowest BCUT2D eigenvalue weighted by molar-refractivity contribution is -0.00955. The summed E-state index contributed by atoms with van der Waals surface area (Å²) in [4.78, 5) is 14.3. The fraction of sp³-hybridized carbons (Fsp3) is 0.375. The molecule has 1 fully saturated rings. The highest BCUT2D eigenvalue weighted by molar-refractivity contribution is 5.66. The maximum atomic E-state index is 13.6. The first-order valence-electron chi connectivity index (χ1n) is 7.27. The Morgan fingerprint density at radius 2 is 2.26 bits per heavy atom. The van der Waals surface area contributed by atoms with E-state index in [1.807, 2.05) is 6.07 Å². The Hall–Kier alpha value is -2.59. The van der Waals surface area contributed by atoms with Crippen molar-refractivity contribution >= 4 is 6.09 Å². The second-order valence-electron chi connectivity index (χ2n) is 5.59. The Labute approximate surface area is 133 Å². The highest BCUT2D eigenvalue weighted by Gasteiger charge is 2.30. The molecule has 1 amide bonds. The second-order valence-corrected chi connectivity index (χ2v) is 5.59. The van der Waals surface area contributed by atoms with Gasteiger partial charge < -0.3 is 14.7 Å². The first-order valence-corrected chi connectivity index (χ1v) is 7.27. The van der Waals surface area contributed by atoms with Crippen molar-refractivity contribution in [1.82, 2.24) is 9.80 Å². The van der Waals surface area contributed by atoms with Gasteiger partial charge in [0.1, 0.15) is 18.0 Å². The zero-order valence-electron chi connectivity index (χ0n) is 12.6. The van der Waals surface area contributed by atoms with Crippen LogP contribution in [0.3, 0.4) is 0 Å². The van der Waals surface area contributed by atoms with Gasteiger partial charge >= 0.3 is 6.09 Å². The van der Waals surface area contributed by atoms with Crippen molar-refractivity contribution in [3.8, 4) is 6.07 Å². The molecular formula is C16H16FN3O3. The average Bonchev–Trinajstić information content (AvgIpc) is 2.54. The number of nitriles is 1. The van der Waals surface area contributed by atoms with Crippen LogP contribution in [0, 0.1) is 24.1 Å². The normalized spacial score (nSPS) is 20.6. The van der Waals surface area contributed by atoms with Gasteiger partial charge in [-0.15, -0.1) is 0 Å². The van der Waals surface area contributed by atoms with Crippen LogP contribution in [0.4, 0.5) is 9.18 Å². The maximum absolute atomic E-state index is 13.6. The zero-order chi connectivity index (χ0) is 16.6. The number of hydrogen-bond donors (Lipinski definition) is 1. The number of carboxylic acid groups (broad SMARTS) is 1. The van der Waals surface area contributed by atoms with E-state index in [1.165, 1.54) is 11.0 Å². The minimum Gasteiger partial charge on any atom is -0.465 e. The lowest BCUT2D eigenvalue weighted by Crippen LogP contribution is -2.46. The van der Waals surface area contributed by atoms with E-state index in [0.717, 1.165) is 11.3 Å². The molecule has 0 spiro atoms. The summed E-state index contributed by atoms with van der Waals surface area (Å²) in [5.74, 6) is -0.528. The Balaban J connectivity index is 1.83. The molecule has 2 aliphatic rings. The molecule has 2 heterocycles. The van der Waals surface area contributed by atoms with E-state index < -0.39 is 11.9 Å². The number of halogens is 1. The molecule has 1 N–H and O–H groups in total. The van der Waals surface area contributed by atoms with E-state index in [0.29, 0.717) is 25.2 Å². The molecule has 7 heteroatoms. The monoisotopic (exact) mass is 317 g/mol. The summed E-state index contributed by atoms with van der Waals surface area (Å²) in [6.45, 7) is 3.54. The van der Waals surface area contributed by atoms with E-state index in [4.69, 9.17) is 15.1 Å². The standard InChI is InChI=1S/C16H16FN3O3/c1-10-12(2-3-14(17)13(10)6-18)15-8-19-4-5-20(16(21)22)7-11(19)9-23-15/h2-3,7,15H,4-5,8-9H2,1H3,(H,21,22)/t15-/m1/s1. The van der Waals surface area contributed by atoms with Gasteiger partial charge in [-0.25, -0.2) is 9.18 Å². The Morgan fingerprint density at radius 1 is 1.48 bits per heavy atom. The first-order chi connectivity index (χ1) is 11.0. The van der Waals surface area contributed by atoms with E-state index in [9.17, 15) is 9.18 Å². The summed E-state index contributed by atoms with van der Waals surface area (Å²) < 4.78 is 19.5. The van der Waals surface area contributed by atoms with Gasteiger partial charge in [-0.1, -0.05) is 6.07 Å². The molecule has 1 saturated heterocycles. The van der Waals surface area contributed by atoms with Gasteiger partial charge in [0.05, 0.1) is 17.9 Å². The number of benzene rings is 1. The van der Waals surface area contributed by atoms with Gasteiger partial charge in [0.15, 0.2) is 0 Å². The van der Waals surface area contributed by atoms with Gasteiger partial charge in [0.25, 0.3) is 0 Å². The second kappa shape index (κ2) is 5.89. The van der Waals surface area contributed by atoms with E-state index >= 15 is 0 Å². The first kappa shape index (κ1) is 15.3. The molecule has 0 aromatic heterocycles. The molecule has 23 heavy (non-hydrogen) atoms. The van der Waals surface area contributed by atoms with Crippen LogP contribution in [0.2, 0.25) is 0 Å². The fourth-order valence-electron chi connectivity index (χ4n) is 2.99. The van der Waals surface area contributed by atoms with Crippen molar-refractivity contribution in [3.05, 3.63) is 46.5 Å². The van der Waals surface area contributed by atoms with Crippen LogP contribution in [-0.4, -0.2) is 47.2 Å². The molecule has 0 unspecified atom stereocenters. The van der Waals surface area contributed by atoms with Crippen molar-refractivity contribution in [2.24, 2.45) is 0 Å². The minimum absolute atomic E-state index is 0.0446. The van der Waals surface area contributed by atoms with E-state index in [1.54, 1.807) is 19.2 Å². The SMILES string of the molecule is Cc1c([C@H]2CN3CCN(C(=O)O)C=C3CO2)ccc(F)c1C#N. The van der Waals surface area contributed by atoms with Gasteiger partial charge in [0, 0.05) is 25.8 Å². The molecule has 3 rings (SSSR count). The molecule has 0 saturated carbocycles. The summed E-state index contributed by atoms with van der Waals surface area (Å²) >= 11 is 0. The van der Waals surface area contributed by atoms with E-state index in [-0.39, 0.29) is 18.3 Å². The summed E-state index contributed by atoms with van der Waals surface area (Å²) in [6.07, 6.45) is 0.337. The smallest absolute Gasteiger partial charge is 0.411 e. The number of ether oxygens (including phenoxy) is 1. The third kappa shape index (κ3) is 2.73. The quantitative estimate of drug-likeness (QED) is 0.859. The lowest BCUT2D eigenvalue weighted by Gasteiger charge is -2.41. The molecule has 1 aromatic carbocycles. The van der Waals surface area contributed by atoms with Crippen molar-refractivity contribution in [2.75, 3.05) is 26.2 Å². The number of fused-ring (bicyclic) bond motifs is 1. The minimum atomic E-state index is -0.979. The van der Waals surface area contributed by atoms with Crippen molar-refractivity contribution in [2.45, 2.75) is 13.0 Å². The summed E-state index contributed by atoms with van der Waals surface area (Å²) in [6, 6.07) is 4.83. The Morgan fingerprint density at radius 3 is 2.96 bits per heavy atom. The Bertz CT molecular complexity index is 726. The molecular weight excluding hydrogens is 301 g/mol. The molecule has 120 valence electrons. The third-order valence-corrected chi connectivity index (χ3v) is 4.30. The fourth-order valence-corrected chi connectivity index (χ4v) is 2.99. The summed E-state index contributed by atoms with van der Waals surface area (Å²) in [7, 11) is 0. The number of carbonyl (C=O) groups is 1. The largest absolute Gasteiger partial charge is 0.465 e. The van der Waals surface area contributed by atoms with Crippen LogP contribution in [-0.2, 0) is 4.74 Å². The highest BCUT2D eigenvalue weighted by Crippen LogP contribution is 2.31. The molecule has 0 aliphatic carbocycles. The highest BCUT2D eigenvalue weighted by atomic mass is 19.1. The molecule has 0 bridgehead atoms. The molecule has 1 aromatic rings. The third-order valence-electron chi connectivity index (χ3n) is 4.30. The molecule has 2 aliphatic heterocycles. The average molecular weight is 317 g/mol. The lowest BCUT2D eigenvalue weighted by atomic mass is 9.97. The maximum Gasteiger partial charge on any atom is 0.411 e. The predicted molar refractivity (Wildman–Crippen MR) is 78.9 cm³/mol. The Kier molecular flexibility index (Phi) is 3.92. The number of amides is 1. The summed E-state index contributed by atoms with van der Waals surface area (Å²) in [5, 5.41) is 18.1. The zero-order valence-corrected chi connectivity index (χ0v) is 12.6.